The van der Waals surface area contributed by atoms with Crippen LogP contribution in [0.15, 0.2) is 0 Å². The molecule has 1 atom stereocenters. The Morgan fingerprint density at radius 3 is 3.00 bits per heavy atom. The summed E-state index contributed by atoms with van der Waals surface area (Å²) in [7, 11) is 0. The second kappa shape index (κ2) is 5.00. The SMILES string of the molecule is CCCCN1CCC[C@@H](Cl)C1. The molecule has 66 valence electrons. The molecule has 1 aliphatic rings. The number of piperidine rings is 1. The summed E-state index contributed by atoms with van der Waals surface area (Å²) in [5, 5.41) is 0.417. The molecule has 0 N–H and O–H groups in total. The van der Waals surface area contributed by atoms with Gasteiger partial charge in [-0.05, 0) is 32.4 Å². The van der Waals surface area contributed by atoms with Crippen LogP contribution in [0.3, 0.4) is 0 Å². The summed E-state index contributed by atoms with van der Waals surface area (Å²) in [6.45, 7) is 5.87. The highest BCUT2D eigenvalue weighted by Gasteiger charge is 2.16. The van der Waals surface area contributed by atoms with Gasteiger partial charge in [0.25, 0.3) is 0 Å². The molecule has 1 aliphatic heterocycles. The van der Waals surface area contributed by atoms with Crippen LogP contribution in [0.5, 0.6) is 0 Å². The van der Waals surface area contributed by atoms with E-state index >= 15 is 0 Å². The molecule has 0 saturated carbocycles. The van der Waals surface area contributed by atoms with E-state index in [2.05, 4.69) is 11.8 Å². The molecule has 0 aromatic carbocycles. The van der Waals surface area contributed by atoms with E-state index in [1.165, 1.54) is 38.8 Å². The second-order valence-electron chi connectivity index (χ2n) is 3.39. The van der Waals surface area contributed by atoms with Crippen LogP contribution >= 0.6 is 11.6 Å². The Morgan fingerprint density at radius 2 is 2.36 bits per heavy atom. The fourth-order valence-corrected chi connectivity index (χ4v) is 1.93. The molecule has 0 radical (unpaired) electrons. The van der Waals surface area contributed by atoms with Gasteiger partial charge < -0.3 is 4.90 Å². The molecule has 0 amide bonds. The molecule has 0 unspecified atom stereocenters. The lowest BCUT2D eigenvalue weighted by Gasteiger charge is -2.29. The molecular formula is C9H18ClN. The van der Waals surface area contributed by atoms with Crippen LogP contribution in [0.2, 0.25) is 0 Å². The summed E-state index contributed by atoms with van der Waals surface area (Å²) in [6, 6.07) is 0. The van der Waals surface area contributed by atoms with Crippen LogP contribution in [0, 0.1) is 0 Å². The van der Waals surface area contributed by atoms with Crippen LogP contribution in [-0.2, 0) is 0 Å². The number of likely N-dealkylation sites (tertiary alicyclic amines) is 1. The van der Waals surface area contributed by atoms with Crippen molar-refractivity contribution in [3.63, 3.8) is 0 Å². The standard InChI is InChI=1S/C9H18ClN/c1-2-3-6-11-7-4-5-9(10)8-11/h9H,2-8H2,1H3/t9-/m1/s1. The van der Waals surface area contributed by atoms with Crippen molar-refractivity contribution >= 4 is 11.6 Å². The number of alkyl halides is 1. The monoisotopic (exact) mass is 175 g/mol. The minimum absolute atomic E-state index is 0.417. The average molecular weight is 176 g/mol. The molecule has 2 heteroatoms. The highest BCUT2D eigenvalue weighted by atomic mass is 35.5. The van der Waals surface area contributed by atoms with Crippen molar-refractivity contribution in [2.75, 3.05) is 19.6 Å². The molecule has 0 aliphatic carbocycles. The van der Waals surface area contributed by atoms with Crippen molar-refractivity contribution in [3.05, 3.63) is 0 Å². The first-order valence-electron chi connectivity index (χ1n) is 4.69. The van der Waals surface area contributed by atoms with E-state index in [1.807, 2.05) is 0 Å². The fraction of sp³-hybridized carbons (Fsp3) is 1.00. The Morgan fingerprint density at radius 1 is 1.55 bits per heavy atom. The molecule has 11 heavy (non-hydrogen) atoms. The Labute approximate surface area is 74.7 Å². The molecule has 1 fully saturated rings. The van der Waals surface area contributed by atoms with Gasteiger partial charge in [0.1, 0.15) is 0 Å². The number of halogens is 1. The lowest BCUT2D eigenvalue weighted by atomic mass is 10.1. The van der Waals surface area contributed by atoms with E-state index in [1.54, 1.807) is 0 Å². The first-order chi connectivity index (χ1) is 5.33. The van der Waals surface area contributed by atoms with E-state index in [4.69, 9.17) is 11.6 Å². The minimum Gasteiger partial charge on any atom is -0.302 e. The lowest BCUT2D eigenvalue weighted by molar-refractivity contribution is 0.229. The number of hydrogen-bond acceptors (Lipinski definition) is 1. The van der Waals surface area contributed by atoms with E-state index in [-0.39, 0.29) is 0 Å². The summed E-state index contributed by atoms with van der Waals surface area (Å²) in [6.07, 6.45) is 5.12. The van der Waals surface area contributed by atoms with Crippen molar-refractivity contribution in [1.82, 2.24) is 4.90 Å². The van der Waals surface area contributed by atoms with Gasteiger partial charge >= 0.3 is 0 Å². The zero-order chi connectivity index (χ0) is 8.10. The summed E-state index contributed by atoms with van der Waals surface area (Å²) in [5.41, 5.74) is 0. The summed E-state index contributed by atoms with van der Waals surface area (Å²) in [5.74, 6) is 0. The molecule has 0 spiro atoms. The zero-order valence-corrected chi connectivity index (χ0v) is 8.11. The van der Waals surface area contributed by atoms with Gasteiger partial charge in [-0.3, -0.25) is 0 Å². The van der Waals surface area contributed by atoms with E-state index in [9.17, 15) is 0 Å². The predicted octanol–water partition coefficient (Wildman–Crippen LogP) is 2.49. The first kappa shape index (κ1) is 9.34. The number of nitrogens with zero attached hydrogens (tertiary/aromatic N) is 1. The minimum atomic E-state index is 0.417. The zero-order valence-electron chi connectivity index (χ0n) is 7.35. The molecule has 0 bridgehead atoms. The van der Waals surface area contributed by atoms with Gasteiger partial charge in [0.2, 0.25) is 0 Å². The summed E-state index contributed by atoms with van der Waals surface area (Å²) < 4.78 is 0. The Balaban J connectivity index is 2.12. The van der Waals surface area contributed by atoms with E-state index in [0.717, 1.165) is 6.54 Å². The molecule has 1 nitrogen and oxygen atoms in total. The van der Waals surface area contributed by atoms with Gasteiger partial charge in [-0.2, -0.15) is 0 Å². The quantitative estimate of drug-likeness (QED) is 0.596. The third-order valence-electron chi connectivity index (χ3n) is 2.28. The largest absolute Gasteiger partial charge is 0.302 e. The Kier molecular flexibility index (Phi) is 4.24. The Bertz CT molecular complexity index is 106. The number of hydrogen-bond donors (Lipinski definition) is 0. The van der Waals surface area contributed by atoms with Crippen LogP contribution in [0.1, 0.15) is 32.6 Å². The third kappa shape index (κ3) is 3.44. The van der Waals surface area contributed by atoms with Crippen LogP contribution < -0.4 is 0 Å². The van der Waals surface area contributed by atoms with Crippen molar-refractivity contribution in [2.24, 2.45) is 0 Å². The van der Waals surface area contributed by atoms with Gasteiger partial charge in [-0.15, -0.1) is 11.6 Å². The van der Waals surface area contributed by atoms with Gasteiger partial charge in [-0.1, -0.05) is 13.3 Å². The van der Waals surface area contributed by atoms with Crippen molar-refractivity contribution in [2.45, 2.75) is 38.0 Å². The van der Waals surface area contributed by atoms with Crippen molar-refractivity contribution in [3.8, 4) is 0 Å². The predicted molar refractivity (Wildman–Crippen MR) is 50.2 cm³/mol. The molecule has 0 aromatic rings. The molecule has 1 saturated heterocycles. The van der Waals surface area contributed by atoms with E-state index in [0.29, 0.717) is 5.38 Å². The molecule has 1 rings (SSSR count). The third-order valence-corrected chi connectivity index (χ3v) is 2.63. The van der Waals surface area contributed by atoms with Crippen molar-refractivity contribution in [1.29, 1.82) is 0 Å². The average Bonchev–Trinajstić information content (AvgIpc) is 2.01. The number of unbranched alkanes of at least 4 members (excludes halogenated alkanes) is 1. The van der Waals surface area contributed by atoms with Gasteiger partial charge in [0.15, 0.2) is 0 Å². The smallest absolute Gasteiger partial charge is 0.0463 e. The molecule has 1 heterocycles. The maximum Gasteiger partial charge on any atom is 0.0463 e. The Hall–Kier alpha value is 0.250. The maximum atomic E-state index is 6.05. The fourth-order valence-electron chi connectivity index (χ4n) is 1.58. The van der Waals surface area contributed by atoms with Gasteiger partial charge in [-0.25, -0.2) is 0 Å². The summed E-state index contributed by atoms with van der Waals surface area (Å²) >= 11 is 6.05. The number of rotatable bonds is 3. The highest BCUT2D eigenvalue weighted by Crippen LogP contribution is 2.15. The van der Waals surface area contributed by atoms with Gasteiger partial charge in [0, 0.05) is 11.9 Å². The highest BCUT2D eigenvalue weighted by molar-refractivity contribution is 6.20. The van der Waals surface area contributed by atoms with Gasteiger partial charge in [0.05, 0.1) is 0 Å². The second-order valence-corrected chi connectivity index (χ2v) is 4.01. The normalized spacial score (nSPS) is 27.3. The summed E-state index contributed by atoms with van der Waals surface area (Å²) in [4.78, 5) is 2.49. The van der Waals surface area contributed by atoms with Crippen LogP contribution in [0.25, 0.3) is 0 Å². The molecule has 0 aromatic heterocycles. The van der Waals surface area contributed by atoms with Crippen LogP contribution in [-0.4, -0.2) is 29.9 Å². The lowest BCUT2D eigenvalue weighted by Crippen LogP contribution is -2.36. The maximum absolute atomic E-state index is 6.05. The molecular weight excluding hydrogens is 158 g/mol. The van der Waals surface area contributed by atoms with Crippen LogP contribution in [0.4, 0.5) is 0 Å². The first-order valence-corrected chi connectivity index (χ1v) is 5.13. The van der Waals surface area contributed by atoms with Crippen molar-refractivity contribution < 1.29 is 0 Å². The van der Waals surface area contributed by atoms with E-state index < -0.39 is 0 Å². The topological polar surface area (TPSA) is 3.24 Å².